The molecule has 0 heterocycles. The Kier molecular flexibility index (Phi) is 2.42. The highest BCUT2D eigenvalue weighted by Crippen LogP contribution is 2.52. The van der Waals surface area contributed by atoms with Crippen LogP contribution in [0.25, 0.3) is 0 Å². The minimum absolute atomic E-state index is 0.106. The normalized spacial score (nSPS) is 40.6. The number of carboxylic acid groups (broad SMARTS) is 1. The fourth-order valence-electron chi connectivity index (χ4n) is 2.32. The van der Waals surface area contributed by atoms with E-state index in [-0.39, 0.29) is 11.8 Å². The highest BCUT2D eigenvalue weighted by molar-refractivity contribution is 5.68. The van der Waals surface area contributed by atoms with Gasteiger partial charge in [0.25, 0.3) is 0 Å². The van der Waals surface area contributed by atoms with Gasteiger partial charge in [-0.1, -0.05) is 13.8 Å². The van der Waals surface area contributed by atoms with Gasteiger partial charge in [-0.25, -0.2) is 0 Å². The van der Waals surface area contributed by atoms with Crippen molar-refractivity contribution < 1.29 is 9.90 Å². The van der Waals surface area contributed by atoms with Crippen LogP contribution >= 0.6 is 0 Å². The summed E-state index contributed by atoms with van der Waals surface area (Å²) in [5.41, 5.74) is 5.50. The van der Waals surface area contributed by atoms with Gasteiger partial charge in [0.15, 0.2) is 0 Å². The molecule has 0 aromatic heterocycles. The zero-order valence-corrected chi connectivity index (χ0v) is 7.71. The van der Waals surface area contributed by atoms with Gasteiger partial charge in [0.1, 0.15) is 0 Å². The summed E-state index contributed by atoms with van der Waals surface area (Å²) in [6.07, 6.45) is 1.20. The lowest BCUT2D eigenvalue weighted by Crippen LogP contribution is -2.51. The largest absolute Gasteiger partial charge is 0.481 e. The molecule has 3 heteroatoms. The first-order valence-corrected chi connectivity index (χ1v) is 4.44. The van der Waals surface area contributed by atoms with Gasteiger partial charge in [0, 0.05) is 0 Å². The van der Waals surface area contributed by atoms with E-state index in [4.69, 9.17) is 10.8 Å². The van der Waals surface area contributed by atoms with Crippen molar-refractivity contribution in [3.8, 4) is 0 Å². The second-order valence-electron chi connectivity index (χ2n) is 4.11. The summed E-state index contributed by atoms with van der Waals surface area (Å²) in [5, 5.41) is 8.69. The zero-order chi connectivity index (χ0) is 9.35. The zero-order valence-electron chi connectivity index (χ0n) is 7.71. The van der Waals surface area contributed by atoms with Crippen LogP contribution in [-0.2, 0) is 4.79 Å². The first-order chi connectivity index (χ1) is 5.52. The minimum Gasteiger partial charge on any atom is -0.481 e. The maximum atomic E-state index is 10.6. The van der Waals surface area contributed by atoms with E-state index in [0.717, 1.165) is 6.42 Å². The smallest absolute Gasteiger partial charge is 0.303 e. The van der Waals surface area contributed by atoms with Crippen molar-refractivity contribution in [3.63, 3.8) is 0 Å². The third-order valence-corrected chi connectivity index (χ3v) is 3.46. The van der Waals surface area contributed by atoms with Crippen LogP contribution in [0.15, 0.2) is 0 Å². The molecule has 0 radical (unpaired) electrons. The van der Waals surface area contributed by atoms with E-state index in [9.17, 15) is 4.79 Å². The molecule has 0 aromatic rings. The molecule has 1 rings (SSSR count). The molecule has 0 unspecified atom stereocenters. The molecule has 1 fully saturated rings. The van der Waals surface area contributed by atoms with E-state index in [1.54, 1.807) is 0 Å². The molecule has 0 aliphatic heterocycles. The lowest BCUT2D eigenvalue weighted by Gasteiger charge is -2.52. The van der Waals surface area contributed by atoms with Crippen LogP contribution in [0.3, 0.4) is 0 Å². The average molecular weight is 171 g/mol. The van der Waals surface area contributed by atoms with Gasteiger partial charge in [0.2, 0.25) is 0 Å². The maximum Gasteiger partial charge on any atom is 0.303 e. The van der Waals surface area contributed by atoms with Gasteiger partial charge in [-0.15, -0.1) is 0 Å². The molecule has 3 N–H and O–H groups in total. The Labute approximate surface area is 72.9 Å². The Balaban J connectivity index is 2.60. The van der Waals surface area contributed by atoms with Gasteiger partial charge in [0.05, 0.1) is 6.42 Å². The Morgan fingerprint density at radius 3 is 2.50 bits per heavy atom. The van der Waals surface area contributed by atoms with E-state index >= 15 is 0 Å². The molecule has 70 valence electrons. The average Bonchev–Trinajstić information content (AvgIpc) is 2.02. The minimum atomic E-state index is -0.723. The van der Waals surface area contributed by atoms with Crippen molar-refractivity contribution in [2.75, 3.05) is 6.54 Å². The van der Waals surface area contributed by atoms with Gasteiger partial charge in [-0.2, -0.15) is 0 Å². The van der Waals surface area contributed by atoms with E-state index in [2.05, 4.69) is 13.8 Å². The molecule has 0 bridgehead atoms. The number of nitrogens with two attached hydrogens (primary N) is 1. The lowest BCUT2D eigenvalue weighted by molar-refractivity contribution is -0.145. The molecule has 3 nitrogen and oxygen atoms in total. The first-order valence-electron chi connectivity index (χ1n) is 4.44. The van der Waals surface area contributed by atoms with E-state index in [0.29, 0.717) is 18.4 Å². The van der Waals surface area contributed by atoms with Crippen molar-refractivity contribution in [2.45, 2.75) is 26.7 Å². The van der Waals surface area contributed by atoms with Gasteiger partial charge >= 0.3 is 5.97 Å². The van der Waals surface area contributed by atoms with Crippen molar-refractivity contribution in [1.29, 1.82) is 0 Å². The van der Waals surface area contributed by atoms with Crippen LogP contribution in [-0.4, -0.2) is 17.6 Å². The van der Waals surface area contributed by atoms with Crippen LogP contribution in [0.1, 0.15) is 26.7 Å². The lowest BCUT2D eigenvalue weighted by atomic mass is 9.53. The predicted molar refractivity (Wildman–Crippen MR) is 46.7 cm³/mol. The molecule has 0 saturated heterocycles. The molecular formula is C9H17NO2. The third kappa shape index (κ3) is 1.33. The van der Waals surface area contributed by atoms with E-state index in [1.807, 2.05) is 0 Å². The standard InChI is InChI=1S/C9H17NO2/c1-6-3-9(5-10,7(6)2)4-8(11)12/h6-7H,3-5,10H2,1-2H3,(H,11,12)/t6-,7-,9+/m0/s1. The molecule has 12 heavy (non-hydrogen) atoms. The molecular weight excluding hydrogens is 154 g/mol. The highest BCUT2D eigenvalue weighted by atomic mass is 16.4. The molecule has 0 spiro atoms. The third-order valence-electron chi connectivity index (χ3n) is 3.46. The van der Waals surface area contributed by atoms with Crippen molar-refractivity contribution in [2.24, 2.45) is 23.0 Å². The number of rotatable bonds is 3. The monoisotopic (exact) mass is 171 g/mol. The molecule has 0 amide bonds. The second kappa shape index (κ2) is 3.05. The topological polar surface area (TPSA) is 63.3 Å². The van der Waals surface area contributed by atoms with Crippen LogP contribution < -0.4 is 5.73 Å². The number of hydrogen-bond donors (Lipinski definition) is 2. The molecule has 1 aliphatic rings. The first kappa shape index (κ1) is 9.52. The maximum absolute atomic E-state index is 10.6. The van der Waals surface area contributed by atoms with Crippen molar-refractivity contribution in [3.05, 3.63) is 0 Å². The Hall–Kier alpha value is -0.570. The fourth-order valence-corrected chi connectivity index (χ4v) is 2.32. The molecule has 1 saturated carbocycles. The van der Waals surface area contributed by atoms with E-state index < -0.39 is 5.97 Å². The van der Waals surface area contributed by atoms with Crippen molar-refractivity contribution >= 4 is 5.97 Å². The summed E-state index contributed by atoms with van der Waals surface area (Å²) < 4.78 is 0. The second-order valence-corrected chi connectivity index (χ2v) is 4.11. The Morgan fingerprint density at radius 1 is 1.67 bits per heavy atom. The van der Waals surface area contributed by atoms with Crippen molar-refractivity contribution in [1.82, 2.24) is 0 Å². The number of carboxylic acids is 1. The molecule has 3 atom stereocenters. The Morgan fingerprint density at radius 2 is 2.25 bits per heavy atom. The SMILES string of the molecule is C[C@H]1C[C@](CN)(CC(=O)O)[C@H]1C. The van der Waals surface area contributed by atoms with Gasteiger partial charge in [-0.05, 0) is 30.2 Å². The van der Waals surface area contributed by atoms with Gasteiger partial charge < -0.3 is 10.8 Å². The summed E-state index contributed by atoms with van der Waals surface area (Å²) in [7, 11) is 0. The number of aliphatic carboxylic acids is 1. The Bertz CT molecular complexity index is 193. The van der Waals surface area contributed by atoms with Crippen LogP contribution in [0, 0.1) is 17.3 Å². The summed E-state index contributed by atoms with van der Waals surface area (Å²) in [5.74, 6) is 0.366. The quantitative estimate of drug-likeness (QED) is 0.668. The number of carbonyl (C=O) groups is 1. The summed E-state index contributed by atoms with van der Waals surface area (Å²) in [6.45, 7) is 4.76. The van der Waals surface area contributed by atoms with Crippen LogP contribution in [0.2, 0.25) is 0 Å². The van der Waals surface area contributed by atoms with Gasteiger partial charge in [-0.3, -0.25) is 4.79 Å². The fraction of sp³-hybridized carbons (Fsp3) is 0.889. The number of hydrogen-bond acceptors (Lipinski definition) is 2. The predicted octanol–water partition coefficient (Wildman–Crippen LogP) is 1.08. The summed E-state index contributed by atoms with van der Waals surface area (Å²) >= 11 is 0. The summed E-state index contributed by atoms with van der Waals surface area (Å²) in [4.78, 5) is 10.6. The summed E-state index contributed by atoms with van der Waals surface area (Å²) in [6, 6.07) is 0. The highest BCUT2D eigenvalue weighted by Gasteiger charge is 2.49. The van der Waals surface area contributed by atoms with Crippen LogP contribution in [0.5, 0.6) is 0 Å². The molecule has 0 aromatic carbocycles. The van der Waals surface area contributed by atoms with E-state index in [1.165, 1.54) is 0 Å². The van der Waals surface area contributed by atoms with Crippen LogP contribution in [0.4, 0.5) is 0 Å². The molecule has 1 aliphatic carbocycles.